The lowest BCUT2D eigenvalue weighted by atomic mass is 10.0. The number of para-hydroxylation sites is 1. The molecule has 1 N–H and O–H groups in total. The number of imidazole rings is 1. The normalized spacial score (nSPS) is 17.4. The smallest absolute Gasteiger partial charge is 0.261 e. The monoisotopic (exact) mass is 365 g/mol. The first-order valence-electron chi connectivity index (χ1n) is 9.38. The van der Waals surface area contributed by atoms with Crippen molar-refractivity contribution in [1.29, 1.82) is 0 Å². The van der Waals surface area contributed by atoms with Gasteiger partial charge in [-0.25, -0.2) is 9.97 Å². The molecule has 3 aromatic rings. The SMILES string of the molecule is Cc1cccc2c(=O)n(CCC(=O)N3CCCCC3c3ncc[nH]3)cnc12. The standard InChI is InChI=1S/C20H23N5O2/c1-14-5-4-6-15-18(14)23-13-24(20(15)27)12-8-17(26)25-11-3-2-7-16(25)19-21-9-10-22-19/h4-6,9-10,13,16H,2-3,7-8,11-12H2,1H3,(H,21,22). The van der Waals surface area contributed by atoms with E-state index in [1.165, 1.54) is 4.57 Å². The van der Waals surface area contributed by atoms with Gasteiger partial charge in [0.15, 0.2) is 0 Å². The topological polar surface area (TPSA) is 83.9 Å². The van der Waals surface area contributed by atoms with Crippen molar-refractivity contribution in [3.8, 4) is 0 Å². The molecule has 0 aliphatic carbocycles. The summed E-state index contributed by atoms with van der Waals surface area (Å²) in [5, 5.41) is 0.594. The molecule has 1 aromatic carbocycles. The maximum Gasteiger partial charge on any atom is 0.261 e. The molecule has 0 saturated carbocycles. The molecule has 3 heterocycles. The molecular formula is C20H23N5O2. The predicted octanol–water partition coefficient (Wildman–Crippen LogP) is 2.57. The Kier molecular flexibility index (Phi) is 4.75. The Balaban J connectivity index is 1.51. The van der Waals surface area contributed by atoms with Crippen LogP contribution in [0.2, 0.25) is 0 Å². The van der Waals surface area contributed by atoms with E-state index in [2.05, 4.69) is 15.0 Å². The lowest BCUT2D eigenvalue weighted by molar-refractivity contribution is -0.135. The summed E-state index contributed by atoms with van der Waals surface area (Å²) in [5.74, 6) is 0.885. The van der Waals surface area contributed by atoms with Gasteiger partial charge in [0.25, 0.3) is 5.56 Å². The van der Waals surface area contributed by atoms with Gasteiger partial charge < -0.3 is 9.88 Å². The number of amides is 1. The number of hydrogen-bond donors (Lipinski definition) is 1. The molecular weight excluding hydrogens is 342 g/mol. The molecule has 0 bridgehead atoms. The van der Waals surface area contributed by atoms with Crippen molar-refractivity contribution in [2.75, 3.05) is 6.54 Å². The number of benzene rings is 1. The Bertz CT molecular complexity index is 1010. The Labute approximate surface area is 157 Å². The zero-order valence-corrected chi connectivity index (χ0v) is 15.4. The number of nitrogens with zero attached hydrogens (tertiary/aromatic N) is 4. The van der Waals surface area contributed by atoms with Gasteiger partial charge >= 0.3 is 0 Å². The average Bonchev–Trinajstić information content (AvgIpc) is 3.22. The van der Waals surface area contributed by atoms with Gasteiger partial charge in [0.05, 0.1) is 23.3 Å². The molecule has 1 aliphatic rings. The molecule has 2 aromatic heterocycles. The van der Waals surface area contributed by atoms with Crippen LogP contribution in [-0.2, 0) is 11.3 Å². The quantitative estimate of drug-likeness (QED) is 0.770. The van der Waals surface area contributed by atoms with Crippen LogP contribution in [0.15, 0.2) is 41.7 Å². The molecule has 0 radical (unpaired) electrons. The number of fused-ring (bicyclic) bond motifs is 1. The minimum Gasteiger partial charge on any atom is -0.347 e. The van der Waals surface area contributed by atoms with E-state index in [4.69, 9.17) is 0 Å². The van der Waals surface area contributed by atoms with Crippen LogP contribution in [0.1, 0.15) is 43.1 Å². The molecule has 1 aliphatic heterocycles. The minimum absolute atomic E-state index is 0.00431. The fourth-order valence-corrected chi connectivity index (χ4v) is 3.83. The van der Waals surface area contributed by atoms with E-state index in [-0.39, 0.29) is 23.9 Å². The molecule has 140 valence electrons. The summed E-state index contributed by atoms with van der Waals surface area (Å²) in [7, 11) is 0. The van der Waals surface area contributed by atoms with Crippen LogP contribution in [0.5, 0.6) is 0 Å². The van der Waals surface area contributed by atoms with Crippen molar-refractivity contribution in [2.24, 2.45) is 0 Å². The number of aromatic nitrogens is 4. The molecule has 1 saturated heterocycles. The molecule has 7 nitrogen and oxygen atoms in total. The van der Waals surface area contributed by atoms with Crippen LogP contribution < -0.4 is 5.56 Å². The van der Waals surface area contributed by atoms with Gasteiger partial charge in [-0.15, -0.1) is 0 Å². The first kappa shape index (κ1) is 17.5. The summed E-state index contributed by atoms with van der Waals surface area (Å²) in [6.45, 7) is 3.00. The van der Waals surface area contributed by atoms with E-state index in [0.717, 1.165) is 42.7 Å². The van der Waals surface area contributed by atoms with Gasteiger partial charge in [-0.1, -0.05) is 12.1 Å². The summed E-state index contributed by atoms with van der Waals surface area (Å²) >= 11 is 0. The third-order valence-electron chi connectivity index (χ3n) is 5.28. The van der Waals surface area contributed by atoms with Crippen LogP contribution in [0.25, 0.3) is 10.9 Å². The Morgan fingerprint density at radius 1 is 1.30 bits per heavy atom. The second-order valence-corrected chi connectivity index (χ2v) is 7.04. The van der Waals surface area contributed by atoms with Crippen LogP contribution in [0, 0.1) is 6.92 Å². The van der Waals surface area contributed by atoms with Crippen LogP contribution in [-0.4, -0.2) is 36.9 Å². The number of carbonyl (C=O) groups excluding carboxylic acids is 1. The maximum absolute atomic E-state index is 12.9. The van der Waals surface area contributed by atoms with Crippen LogP contribution in [0.4, 0.5) is 0 Å². The molecule has 1 unspecified atom stereocenters. The lowest BCUT2D eigenvalue weighted by Gasteiger charge is -2.34. The summed E-state index contributed by atoms with van der Waals surface area (Å²) in [6.07, 6.45) is 8.32. The zero-order valence-electron chi connectivity index (χ0n) is 15.4. The van der Waals surface area contributed by atoms with Crippen molar-refractivity contribution in [3.05, 3.63) is 58.7 Å². The molecule has 27 heavy (non-hydrogen) atoms. The van der Waals surface area contributed by atoms with Gasteiger partial charge in [0, 0.05) is 31.9 Å². The van der Waals surface area contributed by atoms with Gasteiger partial charge in [0.1, 0.15) is 5.82 Å². The largest absolute Gasteiger partial charge is 0.347 e. The number of carbonyl (C=O) groups is 1. The van der Waals surface area contributed by atoms with E-state index in [0.29, 0.717) is 11.9 Å². The Hall–Kier alpha value is -2.96. The van der Waals surface area contributed by atoms with Gasteiger partial charge in [0.2, 0.25) is 5.91 Å². The molecule has 4 rings (SSSR count). The number of nitrogens with one attached hydrogen (secondary N) is 1. The highest BCUT2D eigenvalue weighted by Crippen LogP contribution is 2.29. The molecule has 1 amide bonds. The highest BCUT2D eigenvalue weighted by Gasteiger charge is 2.29. The van der Waals surface area contributed by atoms with Crippen molar-refractivity contribution in [3.63, 3.8) is 0 Å². The number of aryl methyl sites for hydroxylation is 2. The minimum atomic E-state index is -0.0993. The van der Waals surface area contributed by atoms with Crippen LogP contribution in [0.3, 0.4) is 0 Å². The maximum atomic E-state index is 12.9. The van der Waals surface area contributed by atoms with Crippen molar-refractivity contribution in [1.82, 2.24) is 24.4 Å². The fraction of sp³-hybridized carbons (Fsp3) is 0.400. The number of H-pyrrole nitrogens is 1. The summed E-state index contributed by atoms with van der Waals surface area (Å²) < 4.78 is 1.53. The number of aromatic amines is 1. The second kappa shape index (κ2) is 7.34. The van der Waals surface area contributed by atoms with Gasteiger partial charge in [-0.2, -0.15) is 0 Å². The molecule has 1 fully saturated rings. The summed E-state index contributed by atoms with van der Waals surface area (Å²) in [4.78, 5) is 39.3. The van der Waals surface area contributed by atoms with E-state index in [9.17, 15) is 9.59 Å². The fourth-order valence-electron chi connectivity index (χ4n) is 3.83. The van der Waals surface area contributed by atoms with Crippen molar-refractivity contribution in [2.45, 2.75) is 45.2 Å². The number of piperidine rings is 1. The molecule has 0 spiro atoms. The van der Waals surface area contributed by atoms with E-state index in [1.807, 2.05) is 24.0 Å². The van der Waals surface area contributed by atoms with Gasteiger partial charge in [-0.05, 0) is 37.8 Å². The number of hydrogen-bond acceptors (Lipinski definition) is 4. The Morgan fingerprint density at radius 3 is 3.00 bits per heavy atom. The zero-order chi connectivity index (χ0) is 18.8. The highest BCUT2D eigenvalue weighted by atomic mass is 16.2. The third kappa shape index (κ3) is 3.37. The van der Waals surface area contributed by atoms with Gasteiger partial charge in [-0.3, -0.25) is 14.2 Å². The first-order chi connectivity index (χ1) is 13.1. The Morgan fingerprint density at radius 2 is 2.19 bits per heavy atom. The molecule has 1 atom stereocenters. The second-order valence-electron chi connectivity index (χ2n) is 7.04. The van der Waals surface area contributed by atoms with Crippen molar-refractivity contribution >= 4 is 16.8 Å². The number of rotatable bonds is 4. The first-order valence-corrected chi connectivity index (χ1v) is 9.38. The average molecular weight is 365 g/mol. The van der Waals surface area contributed by atoms with E-state index >= 15 is 0 Å². The van der Waals surface area contributed by atoms with E-state index < -0.39 is 0 Å². The lowest BCUT2D eigenvalue weighted by Crippen LogP contribution is -2.39. The van der Waals surface area contributed by atoms with Crippen LogP contribution >= 0.6 is 0 Å². The summed E-state index contributed by atoms with van der Waals surface area (Å²) in [5.41, 5.74) is 1.60. The predicted molar refractivity (Wildman–Crippen MR) is 102 cm³/mol. The third-order valence-corrected chi connectivity index (χ3v) is 5.28. The van der Waals surface area contributed by atoms with E-state index in [1.54, 1.807) is 24.8 Å². The summed E-state index contributed by atoms with van der Waals surface area (Å²) in [6, 6.07) is 5.58. The van der Waals surface area contributed by atoms with Crippen molar-refractivity contribution < 1.29 is 4.79 Å². The highest BCUT2D eigenvalue weighted by molar-refractivity contribution is 5.80. The molecule has 7 heteroatoms. The number of likely N-dealkylation sites (tertiary alicyclic amines) is 1.